The summed E-state index contributed by atoms with van der Waals surface area (Å²) in [7, 11) is 1.58. The fourth-order valence-electron chi connectivity index (χ4n) is 2.02. The summed E-state index contributed by atoms with van der Waals surface area (Å²) in [6, 6.07) is 14.5. The van der Waals surface area contributed by atoms with Crippen LogP contribution < -0.4 is 4.74 Å². The second kappa shape index (κ2) is 6.70. The number of hydrogen-bond acceptors (Lipinski definition) is 5. The quantitative estimate of drug-likeness (QED) is 0.643. The molecule has 0 aliphatic heterocycles. The van der Waals surface area contributed by atoms with Gasteiger partial charge in [-0.3, -0.25) is 4.79 Å². The van der Waals surface area contributed by atoms with Crippen molar-refractivity contribution in [2.75, 3.05) is 7.11 Å². The van der Waals surface area contributed by atoms with Gasteiger partial charge in [0.25, 0.3) is 0 Å². The van der Waals surface area contributed by atoms with Crippen LogP contribution in [0.4, 0.5) is 0 Å². The average molecular weight is 373 g/mol. The monoisotopic (exact) mass is 372 g/mol. The van der Waals surface area contributed by atoms with Gasteiger partial charge >= 0.3 is 0 Å². The second-order valence-corrected chi connectivity index (χ2v) is 5.72. The van der Waals surface area contributed by atoms with E-state index in [9.17, 15) is 4.79 Å². The van der Waals surface area contributed by atoms with Gasteiger partial charge in [0, 0.05) is 15.6 Å². The van der Waals surface area contributed by atoms with E-state index in [-0.39, 0.29) is 12.3 Å². The van der Waals surface area contributed by atoms with E-state index >= 15 is 0 Å². The Morgan fingerprint density at radius 2 is 1.83 bits per heavy atom. The predicted octanol–water partition coefficient (Wildman–Crippen LogP) is 2.99. The van der Waals surface area contributed by atoms with Crippen molar-refractivity contribution in [3.05, 3.63) is 58.6 Å². The van der Waals surface area contributed by atoms with Crippen LogP contribution in [0.25, 0.3) is 11.4 Å². The number of hydrogen-bond donors (Lipinski definition) is 0. The lowest BCUT2D eigenvalue weighted by molar-refractivity contribution is 0.0961. The molecule has 1 aromatic heterocycles. The first-order valence-corrected chi connectivity index (χ1v) is 7.66. The van der Waals surface area contributed by atoms with Gasteiger partial charge in [-0.2, -0.15) is 4.80 Å². The largest absolute Gasteiger partial charge is 0.497 e. The number of ether oxygens (including phenoxy) is 1. The molecule has 3 rings (SSSR count). The summed E-state index contributed by atoms with van der Waals surface area (Å²) in [6.07, 6.45) is 0. The van der Waals surface area contributed by atoms with E-state index < -0.39 is 0 Å². The maximum Gasteiger partial charge on any atom is 0.204 e. The minimum Gasteiger partial charge on any atom is -0.497 e. The Balaban J connectivity index is 1.73. The Bertz CT molecular complexity index is 813. The average Bonchev–Trinajstić information content (AvgIpc) is 3.04. The maximum absolute atomic E-state index is 12.2. The molecule has 3 aromatic rings. The van der Waals surface area contributed by atoms with Gasteiger partial charge < -0.3 is 4.74 Å². The van der Waals surface area contributed by atoms with E-state index in [1.165, 1.54) is 4.80 Å². The Morgan fingerprint density at radius 1 is 1.13 bits per heavy atom. The molecule has 0 amide bonds. The van der Waals surface area contributed by atoms with E-state index in [0.717, 1.165) is 10.0 Å². The highest BCUT2D eigenvalue weighted by atomic mass is 79.9. The lowest BCUT2D eigenvalue weighted by Crippen LogP contribution is -2.13. The number of nitrogens with zero attached hydrogens (tertiary/aromatic N) is 4. The number of carbonyl (C=O) groups excluding carboxylic acids is 1. The van der Waals surface area contributed by atoms with Crippen molar-refractivity contribution in [2.24, 2.45) is 0 Å². The third-order valence-corrected chi connectivity index (χ3v) is 3.78. The van der Waals surface area contributed by atoms with E-state index in [1.807, 2.05) is 24.3 Å². The first-order valence-electron chi connectivity index (χ1n) is 6.87. The molecule has 0 saturated heterocycles. The van der Waals surface area contributed by atoms with Crippen LogP contribution in [0.3, 0.4) is 0 Å². The molecule has 0 unspecified atom stereocenters. The van der Waals surface area contributed by atoms with Gasteiger partial charge in [0.05, 0.1) is 7.11 Å². The zero-order valence-electron chi connectivity index (χ0n) is 12.3. The zero-order chi connectivity index (χ0) is 16.2. The summed E-state index contributed by atoms with van der Waals surface area (Å²) in [6.45, 7) is 0.0376. The number of tetrazole rings is 1. The minimum absolute atomic E-state index is 0.0376. The fraction of sp³-hybridized carbons (Fsp3) is 0.125. The van der Waals surface area contributed by atoms with Gasteiger partial charge in [0.2, 0.25) is 5.82 Å². The molecule has 116 valence electrons. The van der Waals surface area contributed by atoms with Crippen LogP contribution in [0.2, 0.25) is 0 Å². The standard InChI is InChI=1S/C16H13BrN4O2/c1-23-14-8-4-11(5-9-14)15(22)10-21-19-16(18-20-21)12-2-6-13(17)7-3-12/h2-9H,10H2,1H3. The van der Waals surface area contributed by atoms with Crippen molar-refractivity contribution in [3.8, 4) is 17.1 Å². The molecule has 7 heteroatoms. The van der Waals surface area contributed by atoms with Gasteiger partial charge in [0.15, 0.2) is 5.78 Å². The maximum atomic E-state index is 12.2. The molecule has 6 nitrogen and oxygen atoms in total. The van der Waals surface area contributed by atoms with Gasteiger partial charge in [0.1, 0.15) is 12.3 Å². The predicted molar refractivity (Wildman–Crippen MR) is 88.3 cm³/mol. The van der Waals surface area contributed by atoms with E-state index in [0.29, 0.717) is 17.1 Å². The van der Waals surface area contributed by atoms with Crippen LogP contribution in [0.1, 0.15) is 10.4 Å². The highest BCUT2D eigenvalue weighted by Crippen LogP contribution is 2.17. The van der Waals surface area contributed by atoms with Crippen molar-refractivity contribution >= 4 is 21.7 Å². The number of benzene rings is 2. The highest BCUT2D eigenvalue weighted by Gasteiger charge is 2.11. The smallest absolute Gasteiger partial charge is 0.204 e. The van der Waals surface area contributed by atoms with Crippen molar-refractivity contribution in [1.82, 2.24) is 20.2 Å². The third-order valence-electron chi connectivity index (χ3n) is 3.25. The minimum atomic E-state index is -0.0904. The van der Waals surface area contributed by atoms with Crippen LogP contribution in [0, 0.1) is 0 Å². The number of methoxy groups -OCH3 is 1. The van der Waals surface area contributed by atoms with E-state index in [1.54, 1.807) is 31.4 Å². The highest BCUT2D eigenvalue weighted by molar-refractivity contribution is 9.10. The summed E-state index contributed by atoms with van der Waals surface area (Å²) in [4.78, 5) is 13.5. The molecule has 0 radical (unpaired) electrons. The molecule has 0 spiro atoms. The zero-order valence-corrected chi connectivity index (χ0v) is 13.9. The molecule has 0 fully saturated rings. The fourth-order valence-corrected chi connectivity index (χ4v) is 2.29. The number of aromatic nitrogens is 4. The number of Topliss-reactive ketones (excluding diaryl/α,β-unsaturated/α-hetero) is 1. The first-order chi connectivity index (χ1) is 11.2. The van der Waals surface area contributed by atoms with Gasteiger partial charge in [-0.25, -0.2) is 0 Å². The normalized spacial score (nSPS) is 10.5. The van der Waals surface area contributed by atoms with Crippen LogP contribution in [-0.4, -0.2) is 33.1 Å². The Labute approximate surface area is 141 Å². The first kappa shape index (κ1) is 15.4. The summed E-state index contributed by atoms with van der Waals surface area (Å²) >= 11 is 3.38. The van der Waals surface area contributed by atoms with Gasteiger partial charge in [-0.1, -0.05) is 15.9 Å². The van der Waals surface area contributed by atoms with Gasteiger partial charge in [-0.15, -0.1) is 10.2 Å². The molecule has 23 heavy (non-hydrogen) atoms. The topological polar surface area (TPSA) is 69.9 Å². The summed E-state index contributed by atoms with van der Waals surface area (Å²) in [5, 5.41) is 12.2. The van der Waals surface area contributed by atoms with Crippen LogP contribution in [-0.2, 0) is 6.54 Å². The summed E-state index contributed by atoms with van der Waals surface area (Å²) in [5.74, 6) is 1.10. The molecule has 2 aromatic carbocycles. The summed E-state index contributed by atoms with van der Waals surface area (Å²) in [5.41, 5.74) is 1.42. The number of halogens is 1. The van der Waals surface area contributed by atoms with E-state index in [2.05, 4.69) is 31.3 Å². The molecule has 0 saturated carbocycles. The number of carbonyl (C=O) groups is 1. The number of ketones is 1. The second-order valence-electron chi connectivity index (χ2n) is 4.80. The molecule has 0 aliphatic rings. The van der Waals surface area contributed by atoms with Crippen LogP contribution in [0.5, 0.6) is 5.75 Å². The molecule has 0 aliphatic carbocycles. The van der Waals surface area contributed by atoms with Crippen molar-refractivity contribution in [3.63, 3.8) is 0 Å². The lowest BCUT2D eigenvalue weighted by Gasteiger charge is -2.02. The lowest BCUT2D eigenvalue weighted by atomic mass is 10.1. The molecule has 0 N–H and O–H groups in total. The Morgan fingerprint density at radius 3 is 2.48 bits per heavy atom. The third kappa shape index (κ3) is 3.62. The Hall–Kier alpha value is -2.54. The van der Waals surface area contributed by atoms with Crippen molar-refractivity contribution < 1.29 is 9.53 Å². The van der Waals surface area contributed by atoms with Crippen LogP contribution in [0.15, 0.2) is 53.0 Å². The van der Waals surface area contributed by atoms with E-state index in [4.69, 9.17) is 4.74 Å². The molecular formula is C16H13BrN4O2. The summed E-state index contributed by atoms with van der Waals surface area (Å²) < 4.78 is 6.05. The van der Waals surface area contributed by atoms with Gasteiger partial charge in [-0.05, 0) is 53.7 Å². The SMILES string of the molecule is COc1ccc(C(=O)Cn2nnc(-c3ccc(Br)cc3)n2)cc1. The Kier molecular flexibility index (Phi) is 4.47. The molecule has 1 heterocycles. The molecular weight excluding hydrogens is 360 g/mol. The van der Waals surface area contributed by atoms with Crippen molar-refractivity contribution in [2.45, 2.75) is 6.54 Å². The van der Waals surface area contributed by atoms with Crippen LogP contribution >= 0.6 is 15.9 Å². The molecule has 0 bridgehead atoms. The molecule has 0 atom stereocenters. The van der Waals surface area contributed by atoms with Crippen molar-refractivity contribution in [1.29, 1.82) is 0 Å². The number of rotatable bonds is 5.